The number of aromatic nitrogens is 3. The minimum atomic E-state index is -0.0191. The predicted octanol–water partition coefficient (Wildman–Crippen LogP) is 2.59. The molecule has 1 unspecified atom stereocenters. The van der Waals surface area contributed by atoms with Crippen LogP contribution in [0.15, 0.2) is 24.1 Å². The molecule has 1 atom stereocenters. The summed E-state index contributed by atoms with van der Waals surface area (Å²) in [5, 5.41) is 3.16. The molecule has 4 heterocycles. The predicted molar refractivity (Wildman–Crippen MR) is 92.2 cm³/mol. The highest BCUT2D eigenvalue weighted by molar-refractivity contribution is 7.09. The fourth-order valence-electron chi connectivity index (χ4n) is 3.56. The van der Waals surface area contributed by atoms with Crippen LogP contribution < -0.4 is 4.90 Å². The molecule has 4 rings (SSSR count). The zero-order valence-electron chi connectivity index (χ0n) is 13.9. The normalized spacial score (nSPS) is 23.0. The molecule has 128 valence electrons. The molecule has 2 aliphatic heterocycles. The van der Waals surface area contributed by atoms with Crippen molar-refractivity contribution >= 4 is 17.0 Å². The largest absolute Gasteiger partial charge is 0.372 e. The van der Waals surface area contributed by atoms with Crippen molar-refractivity contribution in [3.8, 4) is 0 Å². The molecule has 24 heavy (non-hydrogen) atoms. The van der Waals surface area contributed by atoms with Crippen molar-refractivity contribution in [2.45, 2.75) is 44.5 Å². The first-order valence-electron chi connectivity index (χ1n) is 8.39. The Labute approximate surface area is 145 Å². The molecule has 7 heteroatoms. The van der Waals surface area contributed by atoms with Gasteiger partial charge >= 0.3 is 0 Å². The fraction of sp³-hybridized carbons (Fsp3) is 0.588. The van der Waals surface area contributed by atoms with Crippen molar-refractivity contribution in [3.05, 3.63) is 34.8 Å². The molecule has 0 N–H and O–H groups in total. The Morgan fingerprint density at radius 1 is 1.33 bits per heavy atom. The summed E-state index contributed by atoms with van der Waals surface area (Å²) in [7, 11) is 0. The van der Waals surface area contributed by atoms with E-state index in [-0.39, 0.29) is 11.7 Å². The molecule has 2 fully saturated rings. The second-order valence-corrected chi connectivity index (χ2v) is 7.63. The molecule has 6 nitrogen and oxygen atoms in total. The van der Waals surface area contributed by atoms with Gasteiger partial charge in [-0.05, 0) is 19.8 Å². The van der Waals surface area contributed by atoms with Crippen molar-refractivity contribution in [2.24, 2.45) is 0 Å². The smallest absolute Gasteiger partial charge is 0.115 e. The number of nitrogens with zero attached hydrogens (tertiary/aromatic N) is 4. The van der Waals surface area contributed by atoms with Crippen LogP contribution in [0.4, 0.5) is 5.69 Å². The molecule has 2 saturated heterocycles. The maximum absolute atomic E-state index is 6.17. The van der Waals surface area contributed by atoms with Crippen molar-refractivity contribution in [1.29, 1.82) is 0 Å². The number of aryl methyl sites for hydroxylation is 1. The molecule has 0 saturated carbocycles. The highest BCUT2D eigenvalue weighted by Gasteiger charge is 2.43. The van der Waals surface area contributed by atoms with E-state index in [1.165, 1.54) is 0 Å². The van der Waals surface area contributed by atoms with Gasteiger partial charge in [-0.2, -0.15) is 0 Å². The lowest BCUT2D eigenvalue weighted by molar-refractivity contribution is -0.0205. The third-order valence-corrected chi connectivity index (χ3v) is 5.72. The number of hydrogen-bond donors (Lipinski definition) is 0. The van der Waals surface area contributed by atoms with Crippen LogP contribution in [0, 0.1) is 6.92 Å². The van der Waals surface area contributed by atoms with Crippen LogP contribution in [0.1, 0.15) is 30.0 Å². The lowest BCUT2D eigenvalue weighted by atomic mass is 9.88. The van der Waals surface area contributed by atoms with Gasteiger partial charge in [0.25, 0.3) is 0 Å². The first-order chi connectivity index (χ1) is 11.7. The van der Waals surface area contributed by atoms with Crippen LogP contribution in [0.3, 0.4) is 0 Å². The van der Waals surface area contributed by atoms with Gasteiger partial charge in [0.15, 0.2) is 0 Å². The number of hydrogen-bond acceptors (Lipinski definition) is 7. The third-order valence-electron chi connectivity index (χ3n) is 4.90. The summed E-state index contributed by atoms with van der Waals surface area (Å²) in [6.07, 6.45) is 8.54. The summed E-state index contributed by atoms with van der Waals surface area (Å²) in [5.41, 5.74) is 2.10. The summed E-state index contributed by atoms with van der Waals surface area (Å²) < 4.78 is 12.2. The molecule has 0 aliphatic carbocycles. The first kappa shape index (κ1) is 15.9. The quantitative estimate of drug-likeness (QED) is 0.848. The number of thiazole rings is 1. The Morgan fingerprint density at radius 2 is 2.12 bits per heavy atom. The van der Waals surface area contributed by atoms with Gasteiger partial charge in [-0.25, -0.2) is 15.0 Å². The van der Waals surface area contributed by atoms with Crippen LogP contribution >= 0.6 is 11.3 Å². The van der Waals surface area contributed by atoms with Gasteiger partial charge in [0, 0.05) is 24.9 Å². The first-order valence-corrected chi connectivity index (χ1v) is 9.27. The number of ether oxygens (including phenoxy) is 2. The third kappa shape index (κ3) is 3.43. The summed E-state index contributed by atoms with van der Waals surface area (Å²) in [6.45, 7) is 5.25. The minimum absolute atomic E-state index is 0.0191. The molecular formula is C17H22N4O2S. The van der Waals surface area contributed by atoms with Gasteiger partial charge in [-0.15, -0.1) is 11.3 Å². The van der Waals surface area contributed by atoms with Gasteiger partial charge in [-0.3, -0.25) is 0 Å². The molecule has 0 amide bonds. The van der Waals surface area contributed by atoms with E-state index in [2.05, 4.69) is 25.2 Å². The Balaban J connectivity index is 1.29. The summed E-state index contributed by atoms with van der Waals surface area (Å²) >= 11 is 1.67. The van der Waals surface area contributed by atoms with Gasteiger partial charge in [0.1, 0.15) is 6.33 Å². The SMILES string of the molecule is Cc1nc(COC2COC3(CCN(c4cncnc4)CC3)C2)cs1. The van der Waals surface area contributed by atoms with Crippen LogP contribution in [-0.2, 0) is 16.1 Å². The van der Waals surface area contributed by atoms with Crippen molar-refractivity contribution < 1.29 is 9.47 Å². The van der Waals surface area contributed by atoms with Gasteiger partial charge in [0.05, 0.1) is 53.7 Å². The Hall–Kier alpha value is -1.57. The number of anilines is 1. The maximum atomic E-state index is 6.17. The second kappa shape index (κ2) is 6.74. The van der Waals surface area contributed by atoms with E-state index in [1.807, 2.05) is 19.3 Å². The maximum Gasteiger partial charge on any atom is 0.115 e. The number of rotatable bonds is 4. The van der Waals surface area contributed by atoms with E-state index in [4.69, 9.17) is 9.47 Å². The molecule has 0 bridgehead atoms. The monoisotopic (exact) mass is 346 g/mol. The Kier molecular flexibility index (Phi) is 4.47. The van der Waals surface area contributed by atoms with E-state index in [9.17, 15) is 0 Å². The molecular weight excluding hydrogens is 324 g/mol. The second-order valence-electron chi connectivity index (χ2n) is 6.57. The summed E-state index contributed by atoms with van der Waals surface area (Å²) in [6, 6.07) is 0. The zero-order chi connectivity index (χ0) is 16.4. The molecule has 2 aromatic heterocycles. The van der Waals surface area contributed by atoms with Crippen molar-refractivity contribution in [2.75, 3.05) is 24.6 Å². The van der Waals surface area contributed by atoms with Crippen molar-refractivity contribution in [1.82, 2.24) is 15.0 Å². The number of piperidine rings is 1. The highest BCUT2D eigenvalue weighted by atomic mass is 32.1. The minimum Gasteiger partial charge on any atom is -0.372 e. The van der Waals surface area contributed by atoms with Gasteiger partial charge in [0.2, 0.25) is 0 Å². The summed E-state index contributed by atoms with van der Waals surface area (Å²) in [5.74, 6) is 0. The average Bonchev–Trinajstić information content (AvgIpc) is 3.21. The molecule has 2 aliphatic rings. The lowest BCUT2D eigenvalue weighted by Gasteiger charge is -2.39. The van der Waals surface area contributed by atoms with Crippen LogP contribution in [-0.4, -0.2) is 46.4 Å². The zero-order valence-corrected chi connectivity index (χ0v) is 14.7. The topological polar surface area (TPSA) is 60.4 Å². The molecule has 1 spiro atoms. The Bertz CT molecular complexity index is 670. The standard InChI is InChI=1S/C17H22N4O2S/c1-13-20-14(11-24-13)9-22-16-6-17(23-10-16)2-4-21(5-3-17)15-7-18-12-19-8-15/h7-8,11-12,16H,2-6,9-10H2,1H3. The Morgan fingerprint density at radius 3 is 2.83 bits per heavy atom. The fourth-order valence-corrected chi connectivity index (χ4v) is 4.16. The van der Waals surface area contributed by atoms with Gasteiger partial charge in [-0.1, -0.05) is 0 Å². The van der Waals surface area contributed by atoms with Crippen LogP contribution in [0.2, 0.25) is 0 Å². The lowest BCUT2D eigenvalue weighted by Crippen LogP contribution is -2.44. The molecule has 0 radical (unpaired) electrons. The molecule has 2 aromatic rings. The van der Waals surface area contributed by atoms with E-state index in [0.29, 0.717) is 13.2 Å². The van der Waals surface area contributed by atoms with Crippen LogP contribution in [0.5, 0.6) is 0 Å². The average molecular weight is 346 g/mol. The van der Waals surface area contributed by atoms with E-state index >= 15 is 0 Å². The highest BCUT2D eigenvalue weighted by Crippen LogP contribution is 2.38. The molecule has 0 aromatic carbocycles. The van der Waals surface area contributed by atoms with E-state index in [0.717, 1.165) is 48.7 Å². The summed E-state index contributed by atoms with van der Waals surface area (Å²) in [4.78, 5) is 15.0. The van der Waals surface area contributed by atoms with Gasteiger partial charge < -0.3 is 14.4 Å². The van der Waals surface area contributed by atoms with E-state index < -0.39 is 0 Å². The van der Waals surface area contributed by atoms with Crippen LogP contribution in [0.25, 0.3) is 0 Å². The van der Waals surface area contributed by atoms with Crippen molar-refractivity contribution in [3.63, 3.8) is 0 Å². The van der Waals surface area contributed by atoms with E-state index in [1.54, 1.807) is 17.7 Å².